The van der Waals surface area contributed by atoms with Gasteiger partial charge in [-0.15, -0.1) is 0 Å². The lowest BCUT2D eigenvalue weighted by Gasteiger charge is -2.08. The van der Waals surface area contributed by atoms with Crippen LogP contribution >= 0.6 is 0 Å². The van der Waals surface area contributed by atoms with Crippen LogP contribution in [0.5, 0.6) is 17.2 Å². The summed E-state index contributed by atoms with van der Waals surface area (Å²) in [4.78, 5) is 57.2. The van der Waals surface area contributed by atoms with Crippen LogP contribution in [0.1, 0.15) is 51.8 Å². The van der Waals surface area contributed by atoms with E-state index in [1.165, 1.54) is 91.0 Å². The SMILES string of the molecule is O=C(O)c1ccc(O)cc1.O=C(O)c1cccc(C(=O)Oc2ccc(OC(=O)c3ccc4cc(C(=O)O)ccc4c3)cc2)c1. The first-order valence-electron chi connectivity index (χ1n) is 12.7. The number of esters is 2. The lowest BCUT2D eigenvalue weighted by atomic mass is 10.0. The molecule has 5 aromatic carbocycles. The van der Waals surface area contributed by atoms with E-state index in [0.717, 1.165) is 0 Å². The number of carboxylic acids is 3. The molecule has 0 aromatic heterocycles. The zero-order chi connectivity index (χ0) is 31.8. The van der Waals surface area contributed by atoms with E-state index in [9.17, 15) is 24.0 Å². The van der Waals surface area contributed by atoms with Crippen LogP contribution in [0.3, 0.4) is 0 Å². The molecular weight excluding hydrogens is 572 g/mol. The number of benzene rings is 5. The van der Waals surface area contributed by atoms with Crippen molar-refractivity contribution in [1.29, 1.82) is 0 Å². The van der Waals surface area contributed by atoms with Crippen LogP contribution in [0.2, 0.25) is 0 Å². The standard InChI is InChI=1S/C26H16O8.C7H6O3/c27-23(28)17-2-1-3-19(14-17)25(31)33-21-8-10-22(11-9-21)34-26(32)20-7-5-15-12-18(24(29)30)6-4-16(15)13-20;8-6-3-1-5(2-4-6)7(9)10/h1-14H,(H,27,28)(H,29,30);1-4,8H,(H,9,10). The minimum atomic E-state index is -1.16. The van der Waals surface area contributed by atoms with Crippen molar-refractivity contribution in [2.24, 2.45) is 0 Å². The van der Waals surface area contributed by atoms with Gasteiger partial charge in [0.15, 0.2) is 0 Å². The summed E-state index contributed by atoms with van der Waals surface area (Å²) in [6.45, 7) is 0. The zero-order valence-corrected chi connectivity index (χ0v) is 22.5. The number of ether oxygens (including phenoxy) is 2. The van der Waals surface area contributed by atoms with Gasteiger partial charge < -0.3 is 29.9 Å². The van der Waals surface area contributed by atoms with Gasteiger partial charge in [-0.05, 0) is 102 Å². The number of phenolic OH excluding ortho intramolecular Hbond substituents is 1. The van der Waals surface area contributed by atoms with Gasteiger partial charge in [0.2, 0.25) is 0 Å². The van der Waals surface area contributed by atoms with Crippen molar-refractivity contribution in [2.75, 3.05) is 0 Å². The fraction of sp³-hybridized carbons (Fsp3) is 0. The highest BCUT2D eigenvalue weighted by atomic mass is 16.5. The van der Waals surface area contributed by atoms with E-state index in [0.29, 0.717) is 10.8 Å². The van der Waals surface area contributed by atoms with Crippen LogP contribution in [-0.4, -0.2) is 50.3 Å². The van der Waals surface area contributed by atoms with Gasteiger partial charge in [-0.1, -0.05) is 18.2 Å². The van der Waals surface area contributed by atoms with Gasteiger partial charge in [0.25, 0.3) is 0 Å². The number of aromatic carboxylic acids is 3. The Morgan fingerprint density at radius 1 is 0.432 bits per heavy atom. The molecule has 0 aliphatic rings. The van der Waals surface area contributed by atoms with Gasteiger partial charge in [-0.3, -0.25) is 0 Å². The molecular formula is C33H22O11. The largest absolute Gasteiger partial charge is 0.508 e. The maximum Gasteiger partial charge on any atom is 0.343 e. The number of carboxylic acid groups (broad SMARTS) is 3. The topological polar surface area (TPSA) is 185 Å². The molecule has 220 valence electrons. The number of phenols is 1. The fourth-order valence-electron chi connectivity index (χ4n) is 3.80. The molecule has 0 fully saturated rings. The molecule has 0 radical (unpaired) electrons. The molecule has 0 saturated heterocycles. The summed E-state index contributed by atoms with van der Waals surface area (Å²) >= 11 is 0. The second kappa shape index (κ2) is 13.4. The number of fused-ring (bicyclic) bond motifs is 1. The van der Waals surface area contributed by atoms with Crippen molar-refractivity contribution >= 4 is 40.6 Å². The Labute approximate surface area is 248 Å². The molecule has 44 heavy (non-hydrogen) atoms. The van der Waals surface area contributed by atoms with E-state index in [4.69, 9.17) is 29.9 Å². The zero-order valence-electron chi connectivity index (χ0n) is 22.5. The highest BCUT2D eigenvalue weighted by Crippen LogP contribution is 2.22. The van der Waals surface area contributed by atoms with Crippen LogP contribution in [0.15, 0.2) is 109 Å². The lowest BCUT2D eigenvalue weighted by Crippen LogP contribution is -2.10. The third-order valence-electron chi connectivity index (χ3n) is 6.03. The Morgan fingerprint density at radius 3 is 1.32 bits per heavy atom. The highest BCUT2D eigenvalue weighted by Gasteiger charge is 2.14. The molecule has 4 N–H and O–H groups in total. The molecule has 5 aromatic rings. The predicted molar refractivity (Wildman–Crippen MR) is 156 cm³/mol. The Morgan fingerprint density at radius 2 is 0.818 bits per heavy atom. The van der Waals surface area contributed by atoms with E-state index in [1.807, 2.05) is 0 Å². The second-order valence-electron chi connectivity index (χ2n) is 9.07. The fourth-order valence-corrected chi connectivity index (χ4v) is 3.80. The summed E-state index contributed by atoms with van der Waals surface area (Å²) in [5.74, 6) is -4.03. The molecule has 11 nitrogen and oxygen atoms in total. The number of carbonyl (C=O) groups excluding carboxylic acids is 2. The van der Waals surface area contributed by atoms with Crippen molar-refractivity contribution in [3.63, 3.8) is 0 Å². The van der Waals surface area contributed by atoms with E-state index in [2.05, 4.69) is 0 Å². The highest BCUT2D eigenvalue weighted by molar-refractivity contribution is 5.99. The van der Waals surface area contributed by atoms with Crippen molar-refractivity contribution in [3.05, 3.63) is 137 Å². The van der Waals surface area contributed by atoms with Crippen molar-refractivity contribution in [2.45, 2.75) is 0 Å². The average Bonchev–Trinajstić information content (AvgIpc) is 3.02. The minimum Gasteiger partial charge on any atom is -0.508 e. The number of rotatable bonds is 7. The number of aromatic hydroxyl groups is 1. The number of carbonyl (C=O) groups is 5. The van der Waals surface area contributed by atoms with Gasteiger partial charge >= 0.3 is 29.8 Å². The monoisotopic (exact) mass is 594 g/mol. The Hall–Kier alpha value is -6.49. The van der Waals surface area contributed by atoms with Crippen molar-refractivity contribution < 1.29 is 53.9 Å². The summed E-state index contributed by atoms with van der Waals surface area (Å²) < 4.78 is 10.6. The molecule has 0 amide bonds. The van der Waals surface area contributed by atoms with Crippen molar-refractivity contribution in [1.82, 2.24) is 0 Å². The van der Waals surface area contributed by atoms with Crippen LogP contribution < -0.4 is 9.47 Å². The summed E-state index contributed by atoms with van der Waals surface area (Å²) in [7, 11) is 0. The van der Waals surface area contributed by atoms with Gasteiger partial charge in [0, 0.05) is 0 Å². The molecule has 0 unspecified atom stereocenters. The van der Waals surface area contributed by atoms with Crippen LogP contribution in [0.25, 0.3) is 10.8 Å². The summed E-state index contributed by atoms with van der Waals surface area (Å²) in [6.07, 6.45) is 0. The molecule has 0 heterocycles. The van der Waals surface area contributed by atoms with Crippen LogP contribution in [-0.2, 0) is 0 Å². The Bertz CT molecular complexity index is 1880. The quantitative estimate of drug-likeness (QED) is 0.133. The average molecular weight is 595 g/mol. The molecule has 0 aliphatic heterocycles. The third-order valence-corrected chi connectivity index (χ3v) is 6.03. The lowest BCUT2D eigenvalue weighted by molar-refractivity contribution is 0.0684. The van der Waals surface area contributed by atoms with Crippen LogP contribution in [0, 0.1) is 0 Å². The second-order valence-corrected chi connectivity index (χ2v) is 9.07. The van der Waals surface area contributed by atoms with Gasteiger partial charge in [-0.25, -0.2) is 24.0 Å². The predicted octanol–water partition coefficient (Wildman–Crippen LogP) is 5.77. The Balaban J connectivity index is 0.000000375. The number of hydrogen-bond acceptors (Lipinski definition) is 8. The summed E-state index contributed by atoms with van der Waals surface area (Å²) in [5.41, 5.74) is 0.662. The molecule has 11 heteroatoms. The van der Waals surface area contributed by atoms with Crippen molar-refractivity contribution in [3.8, 4) is 17.2 Å². The van der Waals surface area contributed by atoms with E-state index in [1.54, 1.807) is 18.2 Å². The molecule has 0 atom stereocenters. The van der Waals surface area contributed by atoms with E-state index in [-0.39, 0.29) is 45.1 Å². The van der Waals surface area contributed by atoms with E-state index < -0.39 is 29.8 Å². The smallest absolute Gasteiger partial charge is 0.343 e. The normalized spacial score (nSPS) is 10.2. The van der Waals surface area contributed by atoms with Gasteiger partial charge in [0.05, 0.1) is 27.8 Å². The molecule has 0 bridgehead atoms. The molecule has 5 rings (SSSR count). The Kier molecular flexibility index (Phi) is 9.31. The first kappa shape index (κ1) is 30.5. The third kappa shape index (κ3) is 7.83. The maximum absolute atomic E-state index is 12.5. The summed E-state index contributed by atoms with van der Waals surface area (Å²) in [5, 5.41) is 36.6. The minimum absolute atomic E-state index is 0.0345. The molecule has 0 spiro atoms. The number of hydrogen-bond donors (Lipinski definition) is 4. The molecule has 0 saturated carbocycles. The van der Waals surface area contributed by atoms with Gasteiger partial charge in [-0.2, -0.15) is 0 Å². The first-order chi connectivity index (χ1) is 21.0. The molecule has 0 aliphatic carbocycles. The first-order valence-corrected chi connectivity index (χ1v) is 12.7. The van der Waals surface area contributed by atoms with Crippen LogP contribution in [0.4, 0.5) is 0 Å². The summed E-state index contributed by atoms with van der Waals surface area (Å²) in [6, 6.07) is 26.0. The van der Waals surface area contributed by atoms with Gasteiger partial charge in [0.1, 0.15) is 17.2 Å². The maximum atomic E-state index is 12.5. The van der Waals surface area contributed by atoms with E-state index >= 15 is 0 Å².